The lowest BCUT2D eigenvalue weighted by molar-refractivity contribution is -0.137. The van der Waals surface area contributed by atoms with Crippen molar-refractivity contribution in [2.24, 2.45) is 0 Å². The Hall–Kier alpha value is -1.98. The highest BCUT2D eigenvalue weighted by molar-refractivity contribution is 5.83. The SMILES string of the molecule is CCC(=CC(=O)OC)Nc1ccccc1C(F)(F)F. The Bertz CT molecular complexity index is 481. The molecule has 0 spiro atoms. The summed E-state index contributed by atoms with van der Waals surface area (Å²) < 4.78 is 42.8. The molecular weight excluding hydrogens is 259 g/mol. The van der Waals surface area contributed by atoms with E-state index in [-0.39, 0.29) is 5.69 Å². The molecule has 19 heavy (non-hydrogen) atoms. The van der Waals surface area contributed by atoms with E-state index in [1.165, 1.54) is 25.3 Å². The number of nitrogens with one attached hydrogen (secondary N) is 1. The van der Waals surface area contributed by atoms with Crippen LogP contribution in [0.1, 0.15) is 18.9 Å². The molecule has 0 bridgehead atoms. The molecule has 0 fully saturated rings. The zero-order chi connectivity index (χ0) is 14.5. The van der Waals surface area contributed by atoms with Crippen molar-refractivity contribution in [3.63, 3.8) is 0 Å². The number of ether oxygens (including phenoxy) is 1. The Morgan fingerprint density at radius 1 is 1.37 bits per heavy atom. The van der Waals surface area contributed by atoms with Gasteiger partial charge in [-0.05, 0) is 18.6 Å². The van der Waals surface area contributed by atoms with E-state index >= 15 is 0 Å². The molecule has 0 atom stereocenters. The second kappa shape index (κ2) is 6.26. The predicted molar refractivity (Wildman–Crippen MR) is 65.5 cm³/mol. The summed E-state index contributed by atoms with van der Waals surface area (Å²) in [5, 5.41) is 2.61. The Balaban J connectivity index is 3.05. The van der Waals surface area contributed by atoms with E-state index in [2.05, 4.69) is 10.1 Å². The summed E-state index contributed by atoms with van der Waals surface area (Å²) in [6.45, 7) is 1.72. The molecule has 0 radical (unpaired) electrons. The predicted octanol–water partition coefficient (Wildman–Crippen LogP) is 3.58. The number of allylic oxidation sites excluding steroid dienone is 1. The first-order valence-corrected chi connectivity index (χ1v) is 5.60. The monoisotopic (exact) mass is 273 g/mol. The van der Waals surface area contributed by atoms with Crippen molar-refractivity contribution in [3.05, 3.63) is 41.6 Å². The first-order chi connectivity index (χ1) is 8.88. The van der Waals surface area contributed by atoms with E-state index in [1.54, 1.807) is 6.92 Å². The number of anilines is 1. The van der Waals surface area contributed by atoms with E-state index in [0.29, 0.717) is 12.1 Å². The second-order valence-corrected chi connectivity index (χ2v) is 3.71. The minimum atomic E-state index is -4.45. The van der Waals surface area contributed by atoms with Crippen molar-refractivity contribution in [2.75, 3.05) is 12.4 Å². The number of methoxy groups -OCH3 is 1. The molecule has 0 aliphatic carbocycles. The Labute approximate surface area is 109 Å². The van der Waals surface area contributed by atoms with E-state index in [1.807, 2.05) is 0 Å². The largest absolute Gasteiger partial charge is 0.466 e. The Kier molecular flexibility index (Phi) is 4.97. The third kappa shape index (κ3) is 4.31. The number of hydrogen-bond donors (Lipinski definition) is 1. The average molecular weight is 273 g/mol. The van der Waals surface area contributed by atoms with Gasteiger partial charge in [-0.15, -0.1) is 0 Å². The molecule has 1 N–H and O–H groups in total. The topological polar surface area (TPSA) is 38.3 Å². The van der Waals surface area contributed by atoms with Gasteiger partial charge < -0.3 is 10.1 Å². The van der Waals surface area contributed by atoms with Gasteiger partial charge in [0.25, 0.3) is 0 Å². The third-order valence-corrected chi connectivity index (χ3v) is 2.40. The van der Waals surface area contributed by atoms with Crippen LogP contribution in [0.2, 0.25) is 0 Å². The maximum absolute atomic E-state index is 12.8. The number of benzene rings is 1. The number of esters is 1. The van der Waals surface area contributed by atoms with Crippen LogP contribution in [-0.2, 0) is 15.7 Å². The Morgan fingerprint density at radius 3 is 2.53 bits per heavy atom. The van der Waals surface area contributed by atoms with Gasteiger partial charge in [0.2, 0.25) is 0 Å². The first-order valence-electron chi connectivity index (χ1n) is 5.60. The normalized spacial score (nSPS) is 12.2. The Morgan fingerprint density at radius 2 is 2.00 bits per heavy atom. The minimum absolute atomic E-state index is 0.0907. The third-order valence-electron chi connectivity index (χ3n) is 2.40. The molecule has 0 aliphatic heterocycles. The number of rotatable bonds is 4. The summed E-state index contributed by atoms with van der Waals surface area (Å²) >= 11 is 0. The molecule has 104 valence electrons. The highest BCUT2D eigenvalue weighted by Crippen LogP contribution is 2.35. The van der Waals surface area contributed by atoms with Crippen LogP contribution in [0, 0.1) is 0 Å². The smallest absolute Gasteiger partial charge is 0.418 e. The van der Waals surface area contributed by atoms with E-state index in [4.69, 9.17) is 0 Å². The quantitative estimate of drug-likeness (QED) is 0.673. The number of alkyl halides is 3. The van der Waals surface area contributed by atoms with Crippen LogP contribution in [0.15, 0.2) is 36.0 Å². The lowest BCUT2D eigenvalue weighted by atomic mass is 10.1. The number of hydrogen-bond acceptors (Lipinski definition) is 3. The number of halogens is 3. The van der Waals surface area contributed by atoms with Gasteiger partial charge in [-0.2, -0.15) is 13.2 Å². The van der Waals surface area contributed by atoms with Crippen molar-refractivity contribution >= 4 is 11.7 Å². The molecule has 1 aromatic carbocycles. The van der Waals surface area contributed by atoms with E-state index in [9.17, 15) is 18.0 Å². The molecule has 0 saturated heterocycles. The van der Waals surface area contributed by atoms with Crippen molar-refractivity contribution in [1.82, 2.24) is 0 Å². The summed E-state index contributed by atoms with van der Waals surface area (Å²) in [5.74, 6) is -0.617. The van der Waals surface area contributed by atoms with Crippen LogP contribution in [0.5, 0.6) is 0 Å². The van der Waals surface area contributed by atoms with Crippen molar-refractivity contribution in [2.45, 2.75) is 19.5 Å². The summed E-state index contributed by atoms with van der Waals surface area (Å²) in [6, 6.07) is 5.09. The van der Waals surface area contributed by atoms with Crippen LogP contribution >= 0.6 is 0 Å². The van der Waals surface area contributed by atoms with Crippen LogP contribution < -0.4 is 5.32 Å². The average Bonchev–Trinajstić information content (AvgIpc) is 2.37. The van der Waals surface area contributed by atoms with Gasteiger partial charge in [-0.25, -0.2) is 4.79 Å². The van der Waals surface area contributed by atoms with Crippen molar-refractivity contribution in [3.8, 4) is 0 Å². The summed E-state index contributed by atoms with van der Waals surface area (Å²) in [4.78, 5) is 11.1. The zero-order valence-electron chi connectivity index (χ0n) is 10.5. The number of para-hydroxylation sites is 1. The summed E-state index contributed by atoms with van der Waals surface area (Å²) in [6.07, 6.45) is -2.94. The molecule has 0 aromatic heterocycles. The van der Waals surface area contributed by atoms with Crippen molar-refractivity contribution in [1.29, 1.82) is 0 Å². The van der Waals surface area contributed by atoms with Gasteiger partial charge >= 0.3 is 12.1 Å². The molecule has 0 saturated carbocycles. The van der Waals surface area contributed by atoms with Crippen LogP contribution in [-0.4, -0.2) is 13.1 Å². The van der Waals surface area contributed by atoms with Gasteiger partial charge in [0.15, 0.2) is 0 Å². The minimum Gasteiger partial charge on any atom is -0.466 e. The van der Waals surface area contributed by atoms with Gasteiger partial charge in [0.1, 0.15) is 0 Å². The maximum Gasteiger partial charge on any atom is 0.418 e. The standard InChI is InChI=1S/C13H14F3NO2/c1-3-9(8-12(18)19-2)17-11-7-5-4-6-10(11)13(14,15)16/h4-8,17H,3H2,1-2H3. The lowest BCUT2D eigenvalue weighted by Crippen LogP contribution is -2.11. The van der Waals surface area contributed by atoms with Gasteiger partial charge in [-0.3, -0.25) is 0 Å². The molecule has 3 nitrogen and oxygen atoms in total. The molecule has 0 amide bonds. The second-order valence-electron chi connectivity index (χ2n) is 3.71. The number of carbonyl (C=O) groups excluding carboxylic acids is 1. The van der Waals surface area contributed by atoms with Gasteiger partial charge in [0, 0.05) is 11.8 Å². The van der Waals surface area contributed by atoms with E-state index in [0.717, 1.165) is 12.1 Å². The molecule has 0 unspecified atom stereocenters. The number of carbonyl (C=O) groups is 1. The molecule has 1 aromatic rings. The maximum atomic E-state index is 12.8. The highest BCUT2D eigenvalue weighted by Gasteiger charge is 2.33. The molecule has 0 aliphatic rings. The van der Waals surface area contributed by atoms with Gasteiger partial charge in [0.05, 0.1) is 18.4 Å². The van der Waals surface area contributed by atoms with Crippen molar-refractivity contribution < 1.29 is 22.7 Å². The summed E-state index contributed by atoms with van der Waals surface area (Å²) in [5.41, 5.74) is -0.519. The molecule has 1 rings (SSSR count). The highest BCUT2D eigenvalue weighted by atomic mass is 19.4. The fraction of sp³-hybridized carbons (Fsp3) is 0.308. The molecular formula is C13H14F3NO2. The summed E-state index contributed by atoms with van der Waals surface area (Å²) in [7, 11) is 1.20. The van der Waals surface area contributed by atoms with Crippen LogP contribution in [0.3, 0.4) is 0 Å². The first kappa shape index (κ1) is 15.1. The van der Waals surface area contributed by atoms with Crippen LogP contribution in [0.4, 0.5) is 18.9 Å². The molecule has 6 heteroatoms. The van der Waals surface area contributed by atoms with E-state index < -0.39 is 17.7 Å². The zero-order valence-corrected chi connectivity index (χ0v) is 10.5. The fourth-order valence-corrected chi connectivity index (χ4v) is 1.44. The lowest BCUT2D eigenvalue weighted by Gasteiger charge is -2.15. The van der Waals surface area contributed by atoms with Gasteiger partial charge in [-0.1, -0.05) is 19.1 Å². The fourth-order valence-electron chi connectivity index (χ4n) is 1.44. The molecule has 0 heterocycles. The van der Waals surface area contributed by atoms with Crippen LogP contribution in [0.25, 0.3) is 0 Å².